The van der Waals surface area contributed by atoms with E-state index in [4.69, 9.17) is 9.26 Å². The Morgan fingerprint density at radius 3 is 2.88 bits per heavy atom. The molecule has 24 heavy (non-hydrogen) atoms. The van der Waals surface area contributed by atoms with Gasteiger partial charge in [0.25, 0.3) is 5.91 Å². The zero-order chi connectivity index (χ0) is 17.1. The number of methoxy groups -OCH3 is 1. The minimum Gasteiger partial charge on any atom is -0.467 e. The van der Waals surface area contributed by atoms with Crippen LogP contribution in [0.5, 0.6) is 0 Å². The van der Waals surface area contributed by atoms with Crippen molar-refractivity contribution in [2.45, 2.75) is 19.4 Å². The van der Waals surface area contributed by atoms with Crippen molar-refractivity contribution in [3.8, 4) is 0 Å². The van der Waals surface area contributed by atoms with Crippen LogP contribution in [-0.2, 0) is 16.0 Å². The van der Waals surface area contributed by atoms with Crippen LogP contribution in [0.4, 0.5) is 0 Å². The molecule has 3 rings (SSSR count). The lowest BCUT2D eigenvalue weighted by Gasteiger charge is -2.15. The van der Waals surface area contributed by atoms with E-state index in [1.807, 2.05) is 30.5 Å². The highest BCUT2D eigenvalue weighted by Crippen LogP contribution is 2.19. The number of rotatable bonds is 5. The summed E-state index contributed by atoms with van der Waals surface area (Å²) in [6.45, 7) is 1.71. The molecule has 0 aliphatic rings. The average molecular weight is 327 g/mol. The largest absolute Gasteiger partial charge is 0.467 e. The van der Waals surface area contributed by atoms with Gasteiger partial charge in [-0.05, 0) is 18.6 Å². The zero-order valence-corrected chi connectivity index (χ0v) is 13.3. The van der Waals surface area contributed by atoms with E-state index in [1.165, 1.54) is 13.2 Å². The fourth-order valence-corrected chi connectivity index (χ4v) is 2.56. The van der Waals surface area contributed by atoms with Crippen LogP contribution in [-0.4, -0.2) is 35.2 Å². The van der Waals surface area contributed by atoms with Gasteiger partial charge in [-0.25, -0.2) is 4.79 Å². The highest BCUT2D eigenvalue weighted by atomic mass is 16.5. The van der Waals surface area contributed by atoms with Gasteiger partial charge in [0.15, 0.2) is 0 Å². The van der Waals surface area contributed by atoms with Gasteiger partial charge in [-0.3, -0.25) is 4.79 Å². The van der Waals surface area contributed by atoms with Crippen molar-refractivity contribution >= 4 is 22.8 Å². The van der Waals surface area contributed by atoms with Crippen LogP contribution in [0.1, 0.15) is 21.8 Å². The number of para-hydroxylation sites is 1. The van der Waals surface area contributed by atoms with E-state index in [0.29, 0.717) is 12.1 Å². The number of benzene rings is 1. The van der Waals surface area contributed by atoms with Gasteiger partial charge in [-0.1, -0.05) is 23.4 Å². The van der Waals surface area contributed by atoms with Gasteiger partial charge in [0.1, 0.15) is 6.04 Å². The maximum Gasteiger partial charge on any atom is 0.328 e. The first kappa shape index (κ1) is 15.8. The molecule has 7 nitrogen and oxygen atoms in total. The smallest absolute Gasteiger partial charge is 0.328 e. The molecule has 0 saturated carbocycles. The Kier molecular flexibility index (Phi) is 4.33. The molecule has 1 amide bonds. The van der Waals surface area contributed by atoms with Crippen molar-refractivity contribution in [2.24, 2.45) is 0 Å². The van der Waals surface area contributed by atoms with E-state index in [1.54, 1.807) is 6.92 Å². The molecule has 0 saturated heterocycles. The number of ether oxygens (including phenoxy) is 1. The Labute approximate surface area is 138 Å². The Balaban J connectivity index is 1.81. The number of hydrogen-bond acceptors (Lipinski definition) is 5. The number of amides is 1. The van der Waals surface area contributed by atoms with Crippen LogP contribution in [0.25, 0.3) is 10.9 Å². The highest BCUT2D eigenvalue weighted by molar-refractivity contribution is 5.95. The number of nitrogens with one attached hydrogen (secondary N) is 2. The number of aryl methyl sites for hydroxylation is 1. The number of carbonyl (C=O) groups excluding carboxylic acids is 2. The summed E-state index contributed by atoms with van der Waals surface area (Å²) in [5.74, 6) is -0.976. The molecule has 0 bridgehead atoms. The second-order valence-electron chi connectivity index (χ2n) is 5.45. The molecule has 3 aromatic rings. The molecule has 0 unspecified atom stereocenters. The van der Waals surface area contributed by atoms with Crippen LogP contribution < -0.4 is 5.32 Å². The topological polar surface area (TPSA) is 97.2 Å². The second kappa shape index (κ2) is 6.57. The second-order valence-corrected chi connectivity index (χ2v) is 5.45. The van der Waals surface area contributed by atoms with E-state index in [2.05, 4.69) is 15.5 Å². The molecule has 0 spiro atoms. The van der Waals surface area contributed by atoms with Gasteiger partial charge >= 0.3 is 5.97 Å². The Morgan fingerprint density at radius 1 is 1.38 bits per heavy atom. The summed E-state index contributed by atoms with van der Waals surface area (Å²) < 4.78 is 9.73. The van der Waals surface area contributed by atoms with E-state index in [0.717, 1.165) is 16.5 Å². The molecule has 0 radical (unpaired) electrons. The van der Waals surface area contributed by atoms with Crippen molar-refractivity contribution in [2.75, 3.05) is 7.11 Å². The van der Waals surface area contributed by atoms with Gasteiger partial charge in [0.2, 0.25) is 5.76 Å². The third-order valence-corrected chi connectivity index (χ3v) is 3.74. The number of fused-ring (bicyclic) bond motifs is 1. The third kappa shape index (κ3) is 3.15. The van der Waals surface area contributed by atoms with Crippen LogP contribution in [0.2, 0.25) is 0 Å². The number of aromatic amines is 1. The first-order valence-corrected chi connectivity index (χ1v) is 7.45. The number of nitrogens with zero attached hydrogens (tertiary/aromatic N) is 1. The molecule has 124 valence electrons. The van der Waals surface area contributed by atoms with Crippen molar-refractivity contribution < 1.29 is 18.8 Å². The van der Waals surface area contributed by atoms with E-state index < -0.39 is 17.9 Å². The fourth-order valence-electron chi connectivity index (χ4n) is 2.56. The maximum atomic E-state index is 12.2. The van der Waals surface area contributed by atoms with Gasteiger partial charge in [-0.15, -0.1) is 0 Å². The Hall–Kier alpha value is -3.09. The van der Waals surface area contributed by atoms with Crippen LogP contribution >= 0.6 is 0 Å². The molecule has 2 heterocycles. The molecule has 0 aliphatic carbocycles. The molecule has 0 fully saturated rings. The summed E-state index contributed by atoms with van der Waals surface area (Å²) in [5.41, 5.74) is 2.47. The van der Waals surface area contributed by atoms with Crippen LogP contribution in [0.15, 0.2) is 41.1 Å². The minimum atomic E-state index is -0.827. The number of hydrogen-bond donors (Lipinski definition) is 2. The van der Waals surface area contributed by atoms with Crippen molar-refractivity contribution in [3.63, 3.8) is 0 Å². The highest BCUT2D eigenvalue weighted by Gasteiger charge is 2.25. The van der Waals surface area contributed by atoms with Gasteiger partial charge in [0.05, 0.1) is 12.8 Å². The van der Waals surface area contributed by atoms with Crippen molar-refractivity contribution in [3.05, 3.63) is 53.5 Å². The minimum absolute atomic E-state index is 0.0559. The molecule has 2 aromatic heterocycles. The lowest BCUT2D eigenvalue weighted by atomic mass is 10.0. The molecular weight excluding hydrogens is 310 g/mol. The Bertz CT molecular complexity index is 881. The van der Waals surface area contributed by atoms with Crippen LogP contribution in [0, 0.1) is 6.92 Å². The van der Waals surface area contributed by atoms with Crippen LogP contribution in [0.3, 0.4) is 0 Å². The van der Waals surface area contributed by atoms with Gasteiger partial charge in [-0.2, -0.15) is 0 Å². The lowest BCUT2D eigenvalue weighted by molar-refractivity contribution is -0.142. The van der Waals surface area contributed by atoms with Crippen molar-refractivity contribution in [1.29, 1.82) is 0 Å². The standard InChI is InChI=1S/C17H17N3O4/c1-10-7-15(24-20-10)16(21)19-14(17(22)23-2)8-11-9-18-13-6-4-3-5-12(11)13/h3-7,9,14,18H,8H2,1-2H3,(H,19,21)/t14-/m1/s1. The summed E-state index contributed by atoms with van der Waals surface area (Å²) in [6, 6.07) is 8.43. The molecule has 0 aliphatic heterocycles. The monoisotopic (exact) mass is 327 g/mol. The first-order valence-electron chi connectivity index (χ1n) is 7.45. The van der Waals surface area contributed by atoms with E-state index in [9.17, 15) is 9.59 Å². The predicted molar refractivity (Wildman–Crippen MR) is 86.5 cm³/mol. The fraction of sp³-hybridized carbons (Fsp3) is 0.235. The van der Waals surface area contributed by atoms with Crippen molar-refractivity contribution in [1.82, 2.24) is 15.5 Å². The summed E-state index contributed by atoms with van der Waals surface area (Å²) >= 11 is 0. The average Bonchev–Trinajstić information content (AvgIpc) is 3.20. The van der Waals surface area contributed by atoms with E-state index in [-0.39, 0.29) is 5.76 Å². The summed E-state index contributed by atoms with van der Waals surface area (Å²) in [7, 11) is 1.29. The first-order chi connectivity index (χ1) is 11.6. The molecule has 2 N–H and O–H groups in total. The Morgan fingerprint density at radius 2 is 2.17 bits per heavy atom. The third-order valence-electron chi connectivity index (χ3n) is 3.74. The maximum absolute atomic E-state index is 12.2. The number of esters is 1. The van der Waals surface area contributed by atoms with Gasteiger partial charge in [0, 0.05) is 29.6 Å². The molecule has 1 aromatic carbocycles. The quantitative estimate of drug-likeness (QED) is 0.698. The number of H-pyrrole nitrogens is 1. The van der Waals surface area contributed by atoms with Gasteiger partial charge < -0.3 is 19.6 Å². The van der Waals surface area contributed by atoms with E-state index >= 15 is 0 Å². The molecule has 1 atom stereocenters. The summed E-state index contributed by atoms with van der Waals surface area (Å²) in [5, 5.41) is 7.31. The summed E-state index contributed by atoms with van der Waals surface area (Å²) in [4.78, 5) is 27.4. The number of carbonyl (C=O) groups is 2. The lowest BCUT2D eigenvalue weighted by Crippen LogP contribution is -2.42. The normalized spacial score (nSPS) is 12.1. The number of aromatic nitrogens is 2. The SMILES string of the molecule is COC(=O)[C@@H](Cc1c[nH]c2ccccc12)NC(=O)c1cc(C)no1. The molecular formula is C17H17N3O4. The summed E-state index contributed by atoms with van der Waals surface area (Å²) in [6.07, 6.45) is 2.13. The zero-order valence-electron chi connectivity index (χ0n) is 13.3. The predicted octanol–water partition coefficient (Wildman–Crippen LogP) is 1.98. The molecule has 7 heteroatoms.